The largest absolute Gasteiger partial charge is 0.494 e. The molecule has 0 atom stereocenters. The molecule has 0 aliphatic rings. The lowest BCUT2D eigenvalue weighted by molar-refractivity contribution is -0.139. The van der Waals surface area contributed by atoms with Gasteiger partial charge in [0, 0.05) is 6.54 Å². The number of ether oxygens (including phenoxy) is 2. The number of benzene rings is 1. The molecule has 0 aliphatic carbocycles. The summed E-state index contributed by atoms with van der Waals surface area (Å²) in [6.07, 6.45) is 0.320. The summed E-state index contributed by atoms with van der Waals surface area (Å²) in [7, 11) is -3.44. The highest BCUT2D eigenvalue weighted by Gasteiger charge is 2.17. The fourth-order valence-corrected chi connectivity index (χ4v) is 2.79. The van der Waals surface area contributed by atoms with Crippen molar-refractivity contribution in [3.05, 3.63) is 29.8 Å². The number of esters is 1. The van der Waals surface area contributed by atoms with Crippen molar-refractivity contribution >= 4 is 15.8 Å². The Hall–Kier alpha value is -1.60. The zero-order chi connectivity index (χ0) is 15.7. The van der Waals surface area contributed by atoms with Gasteiger partial charge in [-0.15, -0.1) is 0 Å². The molecule has 1 rings (SSSR count). The molecule has 1 aromatic carbocycles. The molecular weight excluding hydrogens is 294 g/mol. The molecule has 1 aromatic rings. The van der Waals surface area contributed by atoms with Crippen LogP contribution in [0.15, 0.2) is 24.3 Å². The van der Waals surface area contributed by atoms with Crippen LogP contribution in [0.4, 0.5) is 0 Å². The number of sulfone groups is 1. The predicted octanol–water partition coefficient (Wildman–Crippen LogP) is 0.892. The van der Waals surface area contributed by atoms with Crippen LogP contribution >= 0.6 is 0 Å². The van der Waals surface area contributed by atoms with E-state index >= 15 is 0 Å². The Morgan fingerprint density at radius 1 is 1.24 bits per heavy atom. The quantitative estimate of drug-likeness (QED) is 0.537. The van der Waals surface area contributed by atoms with Crippen molar-refractivity contribution < 1.29 is 22.7 Å². The van der Waals surface area contributed by atoms with Gasteiger partial charge in [-0.05, 0) is 31.0 Å². The first-order valence-electron chi connectivity index (χ1n) is 6.74. The van der Waals surface area contributed by atoms with Gasteiger partial charge in [0.15, 0.2) is 9.84 Å². The van der Waals surface area contributed by atoms with Crippen LogP contribution < -0.4 is 10.5 Å². The van der Waals surface area contributed by atoms with Gasteiger partial charge >= 0.3 is 5.97 Å². The van der Waals surface area contributed by atoms with Crippen LogP contribution in [-0.4, -0.2) is 39.1 Å². The molecule has 0 saturated carbocycles. The van der Waals surface area contributed by atoms with E-state index in [1.165, 1.54) is 0 Å². The summed E-state index contributed by atoms with van der Waals surface area (Å²) >= 11 is 0. The maximum absolute atomic E-state index is 11.6. The Morgan fingerprint density at radius 2 is 1.90 bits per heavy atom. The van der Waals surface area contributed by atoms with E-state index in [0.717, 1.165) is 5.56 Å². The van der Waals surface area contributed by atoms with E-state index in [2.05, 4.69) is 4.74 Å². The number of carbonyl (C=O) groups excluding carboxylic acids is 1. The Kier molecular flexibility index (Phi) is 7.18. The third-order valence-electron chi connectivity index (χ3n) is 2.67. The van der Waals surface area contributed by atoms with E-state index in [0.29, 0.717) is 18.7 Å². The molecule has 0 spiro atoms. The molecule has 0 radical (unpaired) electrons. The van der Waals surface area contributed by atoms with E-state index in [1.807, 2.05) is 12.1 Å². The first-order chi connectivity index (χ1) is 9.96. The first kappa shape index (κ1) is 17.5. The topological polar surface area (TPSA) is 95.7 Å². The van der Waals surface area contributed by atoms with Crippen LogP contribution in [0.5, 0.6) is 5.75 Å². The van der Waals surface area contributed by atoms with Gasteiger partial charge in [0.1, 0.15) is 11.5 Å². The molecule has 7 heteroatoms. The van der Waals surface area contributed by atoms with Gasteiger partial charge in [-0.3, -0.25) is 4.79 Å². The lowest BCUT2D eigenvalue weighted by atomic mass is 10.2. The summed E-state index contributed by atoms with van der Waals surface area (Å²) in [5, 5.41) is 0. The molecule has 0 aromatic heterocycles. The second-order valence-electron chi connectivity index (χ2n) is 4.45. The summed E-state index contributed by atoms with van der Waals surface area (Å²) in [6, 6.07) is 7.28. The fraction of sp³-hybridized carbons (Fsp3) is 0.500. The molecule has 0 fully saturated rings. The summed E-state index contributed by atoms with van der Waals surface area (Å²) in [5.74, 6) is -0.732. The highest BCUT2D eigenvalue weighted by molar-refractivity contribution is 7.92. The predicted molar refractivity (Wildman–Crippen MR) is 79.7 cm³/mol. The summed E-state index contributed by atoms with van der Waals surface area (Å²) < 4.78 is 33.3. The van der Waals surface area contributed by atoms with Crippen molar-refractivity contribution in [3.63, 3.8) is 0 Å². The second kappa shape index (κ2) is 8.63. The molecule has 0 heterocycles. The minimum Gasteiger partial charge on any atom is -0.494 e. The van der Waals surface area contributed by atoms with E-state index < -0.39 is 21.6 Å². The number of carbonyl (C=O) groups is 1. The van der Waals surface area contributed by atoms with E-state index in [4.69, 9.17) is 10.5 Å². The minimum absolute atomic E-state index is 0.104. The van der Waals surface area contributed by atoms with Crippen molar-refractivity contribution in [2.24, 2.45) is 5.73 Å². The SMILES string of the molecule is CCOC(=O)CS(=O)(=O)CCCOc1ccc(CN)cc1. The number of nitrogens with two attached hydrogens (primary N) is 1. The second-order valence-corrected chi connectivity index (χ2v) is 6.63. The number of hydrogen-bond acceptors (Lipinski definition) is 6. The number of hydrogen-bond donors (Lipinski definition) is 1. The Morgan fingerprint density at radius 3 is 2.48 bits per heavy atom. The van der Waals surface area contributed by atoms with Gasteiger partial charge in [-0.1, -0.05) is 12.1 Å². The van der Waals surface area contributed by atoms with Crippen LogP contribution in [0, 0.1) is 0 Å². The average molecular weight is 315 g/mol. The smallest absolute Gasteiger partial charge is 0.321 e. The third-order valence-corrected chi connectivity index (χ3v) is 4.26. The van der Waals surface area contributed by atoms with Crippen LogP contribution in [0.25, 0.3) is 0 Å². The van der Waals surface area contributed by atoms with Gasteiger partial charge in [-0.25, -0.2) is 8.42 Å². The van der Waals surface area contributed by atoms with Crippen LogP contribution in [0.2, 0.25) is 0 Å². The van der Waals surface area contributed by atoms with Crippen molar-refractivity contribution in [1.82, 2.24) is 0 Å². The minimum atomic E-state index is -3.44. The molecule has 118 valence electrons. The fourth-order valence-electron chi connectivity index (χ4n) is 1.65. The van der Waals surface area contributed by atoms with E-state index in [-0.39, 0.29) is 19.0 Å². The normalized spacial score (nSPS) is 11.1. The Bertz CT molecular complexity index is 539. The molecule has 0 saturated heterocycles. The zero-order valence-corrected chi connectivity index (χ0v) is 12.9. The molecule has 2 N–H and O–H groups in total. The molecule has 0 unspecified atom stereocenters. The highest BCUT2D eigenvalue weighted by atomic mass is 32.2. The lowest BCUT2D eigenvalue weighted by Gasteiger charge is -2.07. The van der Waals surface area contributed by atoms with Gasteiger partial charge in [0.05, 0.1) is 19.0 Å². The van der Waals surface area contributed by atoms with E-state index in [1.54, 1.807) is 19.1 Å². The van der Waals surface area contributed by atoms with Crippen LogP contribution in [-0.2, 0) is 25.9 Å². The van der Waals surface area contributed by atoms with Crippen molar-refractivity contribution in [1.29, 1.82) is 0 Å². The highest BCUT2D eigenvalue weighted by Crippen LogP contribution is 2.12. The Labute approximate surface area is 125 Å². The molecular formula is C14H21NO5S. The zero-order valence-electron chi connectivity index (χ0n) is 12.1. The van der Waals surface area contributed by atoms with Crippen molar-refractivity contribution in [3.8, 4) is 5.75 Å². The van der Waals surface area contributed by atoms with Gasteiger partial charge < -0.3 is 15.2 Å². The molecule has 21 heavy (non-hydrogen) atoms. The van der Waals surface area contributed by atoms with Gasteiger partial charge in [-0.2, -0.15) is 0 Å². The monoisotopic (exact) mass is 315 g/mol. The third kappa shape index (κ3) is 7.10. The molecule has 0 bridgehead atoms. The van der Waals surface area contributed by atoms with Gasteiger partial charge in [0.2, 0.25) is 0 Å². The molecule has 0 aliphatic heterocycles. The summed E-state index contributed by atoms with van der Waals surface area (Å²) in [6.45, 7) is 2.54. The summed E-state index contributed by atoms with van der Waals surface area (Å²) in [4.78, 5) is 11.1. The molecule has 6 nitrogen and oxygen atoms in total. The molecule has 0 amide bonds. The lowest BCUT2D eigenvalue weighted by Crippen LogP contribution is -2.21. The standard InChI is InChI=1S/C14H21NO5S/c1-2-19-14(16)11-21(17,18)9-3-8-20-13-6-4-12(10-15)5-7-13/h4-7H,2-3,8-11,15H2,1H3. The van der Waals surface area contributed by atoms with Crippen LogP contribution in [0.1, 0.15) is 18.9 Å². The Balaban J connectivity index is 2.30. The van der Waals surface area contributed by atoms with E-state index in [9.17, 15) is 13.2 Å². The number of rotatable bonds is 9. The average Bonchev–Trinajstić information content (AvgIpc) is 2.44. The van der Waals surface area contributed by atoms with Crippen molar-refractivity contribution in [2.45, 2.75) is 19.9 Å². The van der Waals surface area contributed by atoms with Crippen LogP contribution in [0.3, 0.4) is 0 Å². The summed E-state index contributed by atoms with van der Waals surface area (Å²) in [5.41, 5.74) is 6.48. The first-order valence-corrected chi connectivity index (χ1v) is 8.57. The maximum Gasteiger partial charge on any atom is 0.321 e. The maximum atomic E-state index is 11.6. The van der Waals surface area contributed by atoms with Gasteiger partial charge in [0.25, 0.3) is 0 Å². The van der Waals surface area contributed by atoms with Crippen molar-refractivity contribution in [2.75, 3.05) is 24.7 Å².